The van der Waals surface area contributed by atoms with Crippen LogP contribution in [0.3, 0.4) is 0 Å². The van der Waals surface area contributed by atoms with E-state index in [-0.39, 0.29) is 6.04 Å². The summed E-state index contributed by atoms with van der Waals surface area (Å²) in [6.07, 6.45) is 0. The maximum Gasteiger partial charge on any atom is 0.163 e. The molecule has 1 unspecified atom stereocenters. The van der Waals surface area contributed by atoms with Crippen LogP contribution < -0.4 is 14.8 Å². The molecule has 0 spiro atoms. The Morgan fingerprint density at radius 1 is 1.14 bits per heavy atom. The SMILES string of the molecule is CC(Nc1cc2c(cc1Cl)OCCO2)c1cccc(Br)c1. The summed E-state index contributed by atoms with van der Waals surface area (Å²) in [6, 6.07) is 12.0. The molecule has 0 amide bonds. The van der Waals surface area contributed by atoms with E-state index in [1.165, 1.54) is 5.56 Å². The molecule has 3 rings (SSSR count). The van der Waals surface area contributed by atoms with Crippen LogP contribution in [0.5, 0.6) is 11.5 Å². The van der Waals surface area contributed by atoms with Crippen molar-refractivity contribution in [1.29, 1.82) is 0 Å². The fourth-order valence-electron chi connectivity index (χ4n) is 2.27. The monoisotopic (exact) mass is 367 g/mol. The van der Waals surface area contributed by atoms with Crippen molar-refractivity contribution in [2.45, 2.75) is 13.0 Å². The number of halogens is 2. The van der Waals surface area contributed by atoms with Crippen molar-refractivity contribution in [1.82, 2.24) is 0 Å². The van der Waals surface area contributed by atoms with Crippen molar-refractivity contribution in [3.63, 3.8) is 0 Å². The molecule has 1 aliphatic rings. The summed E-state index contributed by atoms with van der Waals surface area (Å²) in [6.45, 7) is 3.22. The van der Waals surface area contributed by atoms with Gasteiger partial charge in [0.2, 0.25) is 0 Å². The highest BCUT2D eigenvalue weighted by Crippen LogP contribution is 2.39. The molecule has 0 saturated heterocycles. The van der Waals surface area contributed by atoms with Gasteiger partial charge in [0.15, 0.2) is 11.5 Å². The van der Waals surface area contributed by atoms with Gasteiger partial charge in [0.1, 0.15) is 13.2 Å². The first-order chi connectivity index (χ1) is 10.1. The van der Waals surface area contributed by atoms with Crippen LogP contribution in [0.2, 0.25) is 5.02 Å². The molecule has 0 bridgehead atoms. The van der Waals surface area contributed by atoms with E-state index in [0.717, 1.165) is 15.9 Å². The van der Waals surface area contributed by atoms with Crippen LogP contribution in [0.1, 0.15) is 18.5 Å². The molecule has 3 nitrogen and oxygen atoms in total. The number of nitrogens with one attached hydrogen (secondary N) is 1. The maximum atomic E-state index is 6.32. The van der Waals surface area contributed by atoms with Gasteiger partial charge in [-0.1, -0.05) is 39.7 Å². The lowest BCUT2D eigenvalue weighted by Gasteiger charge is -2.22. The molecule has 0 aromatic heterocycles. The largest absolute Gasteiger partial charge is 0.486 e. The van der Waals surface area contributed by atoms with Crippen LogP contribution in [0.25, 0.3) is 0 Å². The van der Waals surface area contributed by atoms with Gasteiger partial charge in [-0.2, -0.15) is 0 Å². The van der Waals surface area contributed by atoms with E-state index in [2.05, 4.69) is 40.3 Å². The number of benzene rings is 2. The van der Waals surface area contributed by atoms with Crippen LogP contribution in [0.15, 0.2) is 40.9 Å². The molecular weight excluding hydrogens is 354 g/mol. The van der Waals surface area contributed by atoms with Gasteiger partial charge in [0.05, 0.1) is 10.7 Å². The van der Waals surface area contributed by atoms with Crippen LogP contribution in [0.4, 0.5) is 5.69 Å². The molecular formula is C16H15BrClNO2. The number of hydrogen-bond acceptors (Lipinski definition) is 3. The first kappa shape index (κ1) is 14.5. The fourth-order valence-corrected chi connectivity index (χ4v) is 2.89. The Kier molecular flexibility index (Phi) is 4.27. The number of fused-ring (bicyclic) bond motifs is 1. The topological polar surface area (TPSA) is 30.5 Å². The third-order valence-electron chi connectivity index (χ3n) is 3.35. The lowest BCUT2D eigenvalue weighted by molar-refractivity contribution is 0.171. The highest BCUT2D eigenvalue weighted by molar-refractivity contribution is 9.10. The van der Waals surface area contributed by atoms with Crippen LogP contribution in [-0.4, -0.2) is 13.2 Å². The van der Waals surface area contributed by atoms with Crippen molar-refractivity contribution in [3.05, 3.63) is 51.5 Å². The summed E-state index contributed by atoms with van der Waals surface area (Å²) in [7, 11) is 0. The summed E-state index contributed by atoms with van der Waals surface area (Å²) in [4.78, 5) is 0. The number of ether oxygens (including phenoxy) is 2. The van der Waals surface area contributed by atoms with Gasteiger partial charge in [0, 0.05) is 22.6 Å². The predicted molar refractivity (Wildman–Crippen MR) is 88.6 cm³/mol. The molecule has 0 radical (unpaired) electrons. The number of hydrogen-bond donors (Lipinski definition) is 1. The molecule has 5 heteroatoms. The molecule has 1 aliphatic heterocycles. The molecule has 0 saturated carbocycles. The molecule has 1 N–H and O–H groups in total. The summed E-state index contributed by atoms with van der Waals surface area (Å²) in [5.74, 6) is 1.43. The van der Waals surface area contributed by atoms with Crippen molar-refractivity contribution in [2.75, 3.05) is 18.5 Å². The third kappa shape index (κ3) is 3.27. The Bertz CT molecular complexity index is 663. The zero-order chi connectivity index (χ0) is 14.8. The van der Waals surface area contributed by atoms with Crippen LogP contribution in [0, 0.1) is 0 Å². The van der Waals surface area contributed by atoms with Crippen molar-refractivity contribution in [3.8, 4) is 11.5 Å². The third-order valence-corrected chi connectivity index (χ3v) is 4.16. The molecule has 0 fully saturated rings. The fraction of sp³-hybridized carbons (Fsp3) is 0.250. The molecule has 2 aromatic carbocycles. The van der Waals surface area contributed by atoms with Gasteiger partial charge in [-0.15, -0.1) is 0 Å². The van der Waals surface area contributed by atoms with E-state index < -0.39 is 0 Å². The maximum absolute atomic E-state index is 6.32. The molecule has 1 atom stereocenters. The lowest BCUT2D eigenvalue weighted by atomic mass is 10.1. The smallest absolute Gasteiger partial charge is 0.163 e. The highest BCUT2D eigenvalue weighted by atomic mass is 79.9. The second-order valence-corrected chi connectivity index (χ2v) is 6.22. The van der Waals surface area contributed by atoms with E-state index in [1.54, 1.807) is 6.07 Å². The highest BCUT2D eigenvalue weighted by Gasteiger charge is 2.16. The second-order valence-electron chi connectivity index (χ2n) is 4.90. The molecule has 21 heavy (non-hydrogen) atoms. The number of anilines is 1. The van der Waals surface area contributed by atoms with Gasteiger partial charge in [-0.05, 0) is 24.6 Å². The van der Waals surface area contributed by atoms with Crippen LogP contribution >= 0.6 is 27.5 Å². The summed E-state index contributed by atoms with van der Waals surface area (Å²) in [5, 5.41) is 4.04. The Hall–Kier alpha value is -1.39. The minimum atomic E-state index is 0.127. The average molecular weight is 369 g/mol. The van der Waals surface area contributed by atoms with Gasteiger partial charge in [0.25, 0.3) is 0 Å². The Labute approximate surface area is 137 Å². The molecule has 110 valence electrons. The summed E-state index contributed by atoms with van der Waals surface area (Å²) < 4.78 is 12.2. The summed E-state index contributed by atoms with van der Waals surface area (Å²) >= 11 is 9.81. The normalized spacial score (nSPS) is 14.6. The van der Waals surface area contributed by atoms with Crippen molar-refractivity contribution < 1.29 is 9.47 Å². The van der Waals surface area contributed by atoms with Crippen molar-refractivity contribution >= 4 is 33.2 Å². The Balaban J connectivity index is 1.84. The molecule has 2 aromatic rings. The zero-order valence-electron chi connectivity index (χ0n) is 11.5. The summed E-state index contributed by atoms with van der Waals surface area (Å²) in [5.41, 5.74) is 2.02. The number of rotatable bonds is 3. The quantitative estimate of drug-likeness (QED) is 0.822. The van der Waals surface area contributed by atoms with E-state index in [4.69, 9.17) is 21.1 Å². The predicted octanol–water partition coefficient (Wildman–Crippen LogP) is 5.05. The van der Waals surface area contributed by atoms with E-state index in [0.29, 0.717) is 24.0 Å². The van der Waals surface area contributed by atoms with E-state index in [1.807, 2.05) is 18.2 Å². The lowest BCUT2D eigenvalue weighted by Crippen LogP contribution is -2.16. The first-order valence-corrected chi connectivity index (χ1v) is 7.92. The van der Waals surface area contributed by atoms with Gasteiger partial charge < -0.3 is 14.8 Å². The molecule has 1 heterocycles. The van der Waals surface area contributed by atoms with E-state index >= 15 is 0 Å². The standard InChI is InChI=1S/C16H15BrClNO2/c1-10(11-3-2-4-12(17)7-11)19-14-9-16-15(8-13(14)18)20-5-6-21-16/h2-4,7-10,19H,5-6H2,1H3. The Morgan fingerprint density at radius 2 is 1.86 bits per heavy atom. The zero-order valence-corrected chi connectivity index (χ0v) is 13.9. The van der Waals surface area contributed by atoms with Gasteiger partial charge in [-0.25, -0.2) is 0 Å². The minimum absolute atomic E-state index is 0.127. The van der Waals surface area contributed by atoms with Gasteiger partial charge >= 0.3 is 0 Å². The minimum Gasteiger partial charge on any atom is -0.486 e. The average Bonchev–Trinajstić information content (AvgIpc) is 2.48. The first-order valence-electron chi connectivity index (χ1n) is 6.74. The van der Waals surface area contributed by atoms with Gasteiger partial charge in [-0.3, -0.25) is 0 Å². The van der Waals surface area contributed by atoms with Crippen molar-refractivity contribution in [2.24, 2.45) is 0 Å². The Morgan fingerprint density at radius 3 is 2.57 bits per heavy atom. The molecule has 0 aliphatic carbocycles. The van der Waals surface area contributed by atoms with E-state index in [9.17, 15) is 0 Å². The van der Waals surface area contributed by atoms with Crippen LogP contribution in [-0.2, 0) is 0 Å². The second kappa shape index (κ2) is 6.16.